The van der Waals surface area contributed by atoms with Crippen LogP contribution in [0.5, 0.6) is 0 Å². The molecule has 1 aliphatic heterocycles. The van der Waals surface area contributed by atoms with Crippen LogP contribution in [0.1, 0.15) is 13.3 Å². The molecule has 0 aromatic rings. The van der Waals surface area contributed by atoms with Crippen LogP contribution in [0.2, 0.25) is 0 Å². The van der Waals surface area contributed by atoms with Gasteiger partial charge in [-0.15, -0.1) is 0 Å². The number of rotatable bonds is 2. The van der Waals surface area contributed by atoms with Crippen LogP contribution in [0.25, 0.3) is 0 Å². The van der Waals surface area contributed by atoms with Gasteiger partial charge in [0.2, 0.25) is 5.91 Å². The number of carbonyl (C=O) groups excluding carboxylic acids is 1. The largest absolute Gasteiger partial charge is 0.337 e. The minimum absolute atomic E-state index is 0.234. The molecule has 0 saturated heterocycles. The highest BCUT2D eigenvalue weighted by Crippen LogP contribution is 2.08. The molecule has 3 heteroatoms. The summed E-state index contributed by atoms with van der Waals surface area (Å²) in [5.41, 5.74) is 1.30. The number of hydrogen-bond donors (Lipinski definition) is 0. The van der Waals surface area contributed by atoms with E-state index in [0.29, 0.717) is 6.54 Å². The zero-order valence-corrected chi connectivity index (χ0v) is 8.71. The lowest BCUT2D eigenvalue weighted by atomic mass is 10.1. The van der Waals surface area contributed by atoms with Gasteiger partial charge in [0.15, 0.2) is 0 Å². The van der Waals surface area contributed by atoms with Gasteiger partial charge >= 0.3 is 0 Å². The van der Waals surface area contributed by atoms with Crippen LogP contribution >= 0.6 is 0 Å². The van der Waals surface area contributed by atoms with Gasteiger partial charge in [-0.05, 0) is 27.4 Å². The number of carbonyl (C=O) groups is 1. The van der Waals surface area contributed by atoms with Gasteiger partial charge in [0.05, 0.1) is 6.54 Å². The summed E-state index contributed by atoms with van der Waals surface area (Å²) in [6.07, 6.45) is 3.21. The normalized spacial score (nSPS) is 17.5. The third kappa shape index (κ3) is 3.19. The Labute approximate surface area is 80.0 Å². The van der Waals surface area contributed by atoms with Crippen molar-refractivity contribution < 1.29 is 4.79 Å². The van der Waals surface area contributed by atoms with E-state index in [1.165, 1.54) is 5.57 Å². The molecule has 0 radical (unpaired) electrons. The summed E-state index contributed by atoms with van der Waals surface area (Å²) in [6.45, 7) is 4.29. The van der Waals surface area contributed by atoms with Crippen molar-refractivity contribution in [2.75, 3.05) is 33.7 Å². The highest BCUT2D eigenvalue weighted by Gasteiger charge is 2.16. The van der Waals surface area contributed by atoms with E-state index in [1.54, 1.807) is 0 Å². The van der Waals surface area contributed by atoms with Gasteiger partial charge < -0.3 is 9.80 Å². The SMILES string of the molecule is CC1=CCCN(C(=O)CN(C)C)C1. The van der Waals surface area contributed by atoms with Crippen LogP contribution in [0.15, 0.2) is 11.6 Å². The lowest BCUT2D eigenvalue weighted by Crippen LogP contribution is -2.40. The Morgan fingerprint density at radius 3 is 2.85 bits per heavy atom. The molecular formula is C10H18N2O. The maximum atomic E-state index is 11.6. The lowest BCUT2D eigenvalue weighted by molar-refractivity contribution is -0.131. The van der Waals surface area contributed by atoms with Crippen LogP contribution in [0.3, 0.4) is 0 Å². The second-order valence-corrected chi connectivity index (χ2v) is 3.89. The molecule has 0 aromatic heterocycles. The highest BCUT2D eigenvalue weighted by atomic mass is 16.2. The predicted octanol–water partition coefficient (Wildman–Crippen LogP) is 0.727. The van der Waals surface area contributed by atoms with E-state index < -0.39 is 0 Å². The van der Waals surface area contributed by atoms with E-state index in [2.05, 4.69) is 13.0 Å². The molecular weight excluding hydrogens is 164 g/mol. The Morgan fingerprint density at radius 2 is 2.31 bits per heavy atom. The third-order valence-corrected chi connectivity index (χ3v) is 2.14. The number of likely N-dealkylation sites (N-methyl/N-ethyl adjacent to an activating group) is 1. The van der Waals surface area contributed by atoms with Gasteiger partial charge in [-0.2, -0.15) is 0 Å². The molecule has 0 atom stereocenters. The highest BCUT2D eigenvalue weighted by molar-refractivity contribution is 5.78. The first-order valence-electron chi connectivity index (χ1n) is 4.67. The minimum atomic E-state index is 0.234. The first-order chi connectivity index (χ1) is 6.09. The van der Waals surface area contributed by atoms with E-state index in [4.69, 9.17) is 0 Å². The van der Waals surface area contributed by atoms with Crippen LogP contribution < -0.4 is 0 Å². The fourth-order valence-electron chi connectivity index (χ4n) is 1.49. The number of hydrogen-bond acceptors (Lipinski definition) is 2. The Balaban J connectivity index is 2.44. The predicted molar refractivity (Wildman–Crippen MR) is 53.5 cm³/mol. The van der Waals surface area contributed by atoms with Gasteiger partial charge in [0, 0.05) is 13.1 Å². The Bertz CT molecular complexity index is 221. The summed E-state index contributed by atoms with van der Waals surface area (Å²) in [4.78, 5) is 15.4. The van der Waals surface area contributed by atoms with Crippen molar-refractivity contribution >= 4 is 5.91 Å². The molecule has 13 heavy (non-hydrogen) atoms. The fourth-order valence-corrected chi connectivity index (χ4v) is 1.49. The van der Waals surface area contributed by atoms with E-state index in [1.807, 2.05) is 23.9 Å². The average molecular weight is 182 g/mol. The van der Waals surface area contributed by atoms with Crippen molar-refractivity contribution in [3.05, 3.63) is 11.6 Å². The smallest absolute Gasteiger partial charge is 0.237 e. The second-order valence-electron chi connectivity index (χ2n) is 3.89. The van der Waals surface area contributed by atoms with E-state index in [-0.39, 0.29) is 5.91 Å². The molecule has 0 unspecified atom stereocenters. The quantitative estimate of drug-likeness (QED) is 0.588. The molecule has 0 saturated carbocycles. The minimum Gasteiger partial charge on any atom is -0.337 e. The zero-order valence-electron chi connectivity index (χ0n) is 8.71. The van der Waals surface area contributed by atoms with E-state index >= 15 is 0 Å². The maximum Gasteiger partial charge on any atom is 0.237 e. The molecule has 1 amide bonds. The molecule has 0 spiro atoms. The summed E-state index contributed by atoms with van der Waals surface area (Å²) >= 11 is 0. The zero-order chi connectivity index (χ0) is 9.84. The van der Waals surface area contributed by atoms with Gasteiger partial charge in [0.1, 0.15) is 0 Å². The number of amides is 1. The van der Waals surface area contributed by atoms with Gasteiger partial charge in [-0.3, -0.25) is 4.79 Å². The van der Waals surface area contributed by atoms with Crippen molar-refractivity contribution in [1.82, 2.24) is 9.80 Å². The molecule has 0 bridgehead atoms. The standard InChI is InChI=1S/C10H18N2O/c1-9-5-4-6-12(7-9)10(13)8-11(2)3/h5H,4,6-8H2,1-3H3. The van der Waals surface area contributed by atoms with Crippen LogP contribution in [-0.4, -0.2) is 49.4 Å². The molecule has 3 nitrogen and oxygen atoms in total. The molecule has 0 N–H and O–H groups in total. The fraction of sp³-hybridized carbons (Fsp3) is 0.700. The molecule has 0 aliphatic carbocycles. The summed E-state index contributed by atoms with van der Waals surface area (Å²) in [6, 6.07) is 0. The molecule has 0 fully saturated rings. The Hall–Kier alpha value is -0.830. The van der Waals surface area contributed by atoms with E-state index in [0.717, 1.165) is 19.5 Å². The monoisotopic (exact) mass is 182 g/mol. The van der Waals surface area contributed by atoms with Crippen molar-refractivity contribution in [3.8, 4) is 0 Å². The topological polar surface area (TPSA) is 23.6 Å². The first kappa shape index (κ1) is 10.3. The molecule has 74 valence electrons. The summed E-state index contributed by atoms with van der Waals surface area (Å²) in [5.74, 6) is 0.234. The van der Waals surface area contributed by atoms with Crippen molar-refractivity contribution in [1.29, 1.82) is 0 Å². The van der Waals surface area contributed by atoms with Gasteiger partial charge in [0.25, 0.3) is 0 Å². The second kappa shape index (κ2) is 4.42. The van der Waals surface area contributed by atoms with Crippen LogP contribution in [0, 0.1) is 0 Å². The van der Waals surface area contributed by atoms with Crippen molar-refractivity contribution in [2.45, 2.75) is 13.3 Å². The lowest BCUT2D eigenvalue weighted by Gasteiger charge is -2.27. The van der Waals surface area contributed by atoms with Gasteiger partial charge in [-0.25, -0.2) is 0 Å². The molecule has 1 rings (SSSR count). The molecule has 0 aromatic carbocycles. The first-order valence-corrected chi connectivity index (χ1v) is 4.67. The Morgan fingerprint density at radius 1 is 1.62 bits per heavy atom. The summed E-state index contributed by atoms with van der Waals surface area (Å²) in [5, 5.41) is 0. The summed E-state index contributed by atoms with van der Waals surface area (Å²) in [7, 11) is 3.84. The number of nitrogens with zero attached hydrogens (tertiary/aromatic N) is 2. The van der Waals surface area contributed by atoms with E-state index in [9.17, 15) is 4.79 Å². The van der Waals surface area contributed by atoms with Crippen LogP contribution in [-0.2, 0) is 4.79 Å². The summed E-state index contributed by atoms with van der Waals surface area (Å²) < 4.78 is 0. The van der Waals surface area contributed by atoms with Gasteiger partial charge in [-0.1, -0.05) is 11.6 Å². The maximum absolute atomic E-state index is 11.6. The Kier molecular flexibility index (Phi) is 3.48. The van der Waals surface area contributed by atoms with Crippen molar-refractivity contribution in [3.63, 3.8) is 0 Å². The van der Waals surface area contributed by atoms with Crippen LogP contribution in [0.4, 0.5) is 0 Å². The third-order valence-electron chi connectivity index (χ3n) is 2.14. The van der Waals surface area contributed by atoms with Crippen molar-refractivity contribution in [2.24, 2.45) is 0 Å². The average Bonchev–Trinajstić information content (AvgIpc) is 2.03. The molecule has 1 heterocycles. The molecule has 1 aliphatic rings.